The third-order valence-corrected chi connectivity index (χ3v) is 3.16. The lowest BCUT2D eigenvalue weighted by Gasteiger charge is -2.14. The summed E-state index contributed by atoms with van der Waals surface area (Å²) >= 11 is 0. The van der Waals surface area contributed by atoms with Crippen molar-refractivity contribution in [3.63, 3.8) is 0 Å². The Balaban J connectivity index is 2.08. The van der Waals surface area contributed by atoms with Gasteiger partial charge in [0.25, 0.3) is 0 Å². The number of carbonyl (C=O) groups excluding carboxylic acids is 1. The van der Waals surface area contributed by atoms with E-state index in [2.05, 4.69) is 20.8 Å². The van der Waals surface area contributed by atoms with Crippen LogP contribution in [0, 0.1) is 12.8 Å². The highest BCUT2D eigenvalue weighted by Crippen LogP contribution is 2.15. The SMILES string of the molecule is Cc1nnnn1-c1cccc(NC(=O)CC(O)C(C)C)c1. The fourth-order valence-corrected chi connectivity index (χ4v) is 1.82. The first-order chi connectivity index (χ1) is 9.97. The lowest BCUT2D eigenvalue weighted by atomic mass is 10.0. The Labute approximate surface area is 123 Å². The lowest BCUT2D eigenvalue weighted by Crippen LogP contribution is -2.23. The summed E-state index contributed by atoms with van der Waals surface area (Å²) in [6.45, 7) is 5.54. The van der Waals surface area contributed by atoms with E-state index in [1.54, 1.807) is 23.7 Å². The van der Waals surface area contributed by atoms with E-state index in [-0.39, 0.29) is 18.2 Å². The molecule has 2 aromatic rings. The van der Waals surface area contributed by atoms with Crippen molar-refractivity contribution < 1.29 is 9.90 Å². The number of amides is 1. The predicted molar refractivity (Wildman–Crippen MR) is 78.0 cm³/mol. The molecular weight excluding hydrogens is 270 g/mol. The molecule has 0 radical (unpaired) electrons. The molecule has 1 unspecified atom stereocenters. The summed E-state index contributed by atoms with van der Waals surface area (Å²) < 4.78 is 1.58. The van der Waals surface area contributed by atoms with Gasteiger partial charge < -0.3 is 10.4 Å². The molecular formula is C14H19N5O2. The van der Waals surface area contributed by atoms with Crippen LogP contribution < -0.4 is 5.32 Å². The topological polar surface area (TPSA) is 92.9 Å². The molecule has 0 bridgehead atoms. The molecule has 0 aliphatic carbocycles. The van der Waals surface area contributed by atoms with Gasteiger partial charge in [0.1, 0.15) is 0 Å². The molecule has 21 heavy (non-hydrogen) atoms. The number of hydrogen-bond donors (Lipinski definition) is 2. The second-order valence-corrected chi connectivity index (χ2v) is 5.25. The predicted octanol–water partition coefficient (Wildman–Crippen LogP) is 1.32. The minimum Gasteiger partial charge on any atom is -0.392 e. The van der Waals surface area contributed by atoms with Crippen LogP contribution in [0.15, 0.2) is 24.3 Å². The number of carbonyl (C=O) groups is 1. The van der Waals surface area contributed by atoms with Crippen LogP contribution in [-0.4, -0.2) is 37.3 Å². The van der Waals surface area contributed by atoms with Gasteiger partial charge in [-0.1, -0.05) is 19.9 Å². The monoisotopic (exact) mass is 289 g/mol. The number of nitrogens with zero attached hydrogens (tertiary/aromatic N) is 4. The zero-order valence-electron chi connectivity index (χ0n) is 12.3. The van der Waals surface area contributed by atoms with Gasteiger partial charge in [0.15, 0.2) is 5.82 Å². The molecule has 112 valence electrons. The van der Waals surface area contributed by atoms with Gasteiger partial charge in [0.2, 0.25) is 5.91 Å². The maximum atomic E-state index is 11.9. The highest BCUT2D eigenvalue weighted by Gasteiger charge is 2.14. The number of aliphatic hydroxyl groups is 1. The van der Waals surface area contributed by atoms with Crippen LogP contribution in [0.4, 0.5) is 5.69 Å². The van der Waals surface area contributed by atoms with Crippen molar-refractivity contribution in [3.05, 3.63) is 30.1 Å². The van der Waals surface area contributed by atoms with Crippen molar-refractivity contribution >= 4 is 11.6 Å². The van der Waals surface area contributed by atoms with Crippen LogP contribution in [0.1, 0.15) is 26.1 Å². The number of aryl methyl sites for hydroxylation is 1. The first-order valence-electron chi connectivity index (χ1n) is 6.80. The standard InChI is InChI=1S/C14H19N5O2/c1-9(2)13(20)8-14(21)15-11-5-4-6-12(7-11)19-10(3)16-17-18-19/h4-7,9,13,20H,8H2,1-3H3,(H,15,21). The minimum absolute atomic E-state index is 0.0472. The van der Waals surface area contributed by atoms with Gasteiger partial charge in [-0.15, -0.1) is 5.10 Å². The van der Waals surface area contributed by atoms with Crippen LogP contribution in [-0.2, 0) is 4.79 Å². The second-order valence-electron chi connectivity index (χ2n) is 5.25. The molecule has 7 nitrogen and oxygen atoms in total. The summed E-state index contributed by atoms with van der Waals surface area (Å²) in [4.78, 5) is 11.9. The molecule has 1 aromatic heterocycles. The third kappa shape index (κ3) is 3.85. The fourth-order valence-electron chi connectivity index (χ4n) is 1.82. The Bertz CT molecular complexity index is 623. The Hall–Kier alpha value is -2.28. The average molecular weight is 289 g/mol. The highest BCUT2D eigenvalue weighted by molar-refractivity contribution is 5.91. The molecule has 0 spiro atoms. The molecule has 1 atom stereocenters. The number of hydrogen-bond acceptors (Lipinski definition) is 5. The smallest absolute Gasteiger partial charge is 0.226 e. The zero-order chi connectivity index (χ0) is 15.4. The van der Waals surface area contributed by atoms with Gasteiger partial charge in [-0.3, -0.25) is 4.79 Å². The van der Waals surface area contributed by atoms with Gasteiger partial charge >= 0.3 is 0 Å². The number of aromatic nitrogens is 4. The van der Waals surface area contributed by atoms with E-state index >= 15 is 0 Å². The molecule has 2 rings (SSSR count). The van der Waals surface area contributed by atoms with E-state index in [1.165, 1.54) is 0 Å². The van der Waals surface area contributed by atoms with E-state index in [0.29, 0.717) is 11.5 Å². The summed E-state index contributed by atoms with van der Waals surface area (Å²) in [6, 6.07) is 7.22. The average Bonchev–Trinajstić information content (AvgIpc) is 2.85. The summed E-state index contributed by atoms with van der Waals surface area (Å²) in [5.74, 6) is 0.487. The number of tetrazole rings is 1. The van der Waals surface area contributed by atoms with E-state index in [0.717, 1.165) is 5.69 Å². The van der Waals surface area contributed by atoms with Crippen molar-refractivity contribution in [1.29, 1.82) is 0 Å². The van der Waals surface area contributed by atoms with E-state index in [4.69, 9.17) is 0 Å². The number of anilines is 1. The number of rotatable bonds is 5. The molecule has 0 aliphatic rings. The summed E-state index contributed by atoms with van der Waals surface area (Å²) in [5, 5.41) is 23.8. The largest absolute Gasteiger partial charge is 0.392 e. The van der Waals surface area contributed by atoms with E-state index < -0.39 is 6.10 Å². The van der Waals surface area contributed by atoms with Gasteiger partial charge in [0.05, 0.1) is 18.2 Å². The maximum Gasteiger partial charge on any atom is 0.226 e. The van der Waals surface area contributed by atoms with Gasteiger partial charge in [-0.2, -0.15) is 4.68 Å². The number of aliphatic hydroxyl groups excluding tert-OH is 1. The molecule has 7 heteroatoms. The molecule has 1 heterocycles. The number of nitrogens with one attached hydrogen (secondary N) is 1. The first-order valence-corrected chi connectivity index (χ1v) is 6.80. The normalized spacial score (nSPS) is 12.4. The number of benzene rings is 1. The fraction of sp³-hybridized carbons (Fsp3) is 0.429. The van der Waals surface area contributed by atoms with Crippen LogP contribution >= 0.6 is 0 Å². The van der Waals surface area contributed by atoms with Crippen molar-refractivity contribution in [3.8, 4) is 5.69 Å². The van der Waals surface area contributed by atoms with Crippen LogP contribution in [0.25, 0.3) is 5.69 Å². The zero-order valence-corrected chi connectivity index (χ0v) is 12.3. The third-order valence-electron chi connectivity index (χ3n) is 3.16. The Kier molecular flexibility index (Phi) is 4.64. The summed E-state index contributed by atoms with van der Waals surface area (Å²) in [6.07, 6.45) is -0.568. The van der Waals surface area contributed by atoms with Crippen molar-refractivity contribution in [2.75, 3.05) is 5.32 Å². The summed E-state index contributed by atoms with van der Waals surface area (Å²) in [5.41, 5.74) is 1.41. The van der Waals surface area contributed by atoms with E-state index in [9.17, 15) is 9.90 Å². The summed E-state index contributed by atoms with van der Waals surface area (Å²) in [7, 11) is 0. The van der Waals surface area contributed by atoms with E-state index in [1.807, 2.05) is 26.0 Å². The molecule has 0 aliphatic heterocycles. The van der Waals surface area contributed by atoms with Gasteiger partial charge in [-0.05, 0) is 41.5 Å². The molecule has 0 saturated heterocycles. The molecule has 0 saturated carbocycles. The second kappa shape index (κ2) is 6.45. The lowest BCUT2D eigenvalue weighted by molar-refractivity contribution is -0.118. The van der Waals surface area contributed by atoms with Gasteiger partial charge in [-0.25, -0.2) is 0 Å². The Morgan fingerprint density at radius 2 is 2.19 bits per heavy atom. The Morgan fingerprint density at radius 1 is 1.43 bits per heavy atom. The minimum atomic E-state index is -0.644. The molecule has 2 N–H and O–H groups in total. The van der Waals surface area contributed by atoms with Crippen molar-refractivity contribution in [2.45, 2.75) is 33.3 Å². The van der Waals surface area contributed by atoms with Gasteiger partial charge in [0, 0.05) is 5.69 Å². The van der Waals surface area contributed by atoms with Crippen molar-refractivity contribution in [2.24, 2.45) is 5.92 Å². The molecule has 0 fully saturated rings. The molecule has 1 aromatic carbocycles. The van der Waals surface area contributed by atoms with Crippen LogP contribution in [0.5, 0.6) is 0 Å². The molecule has 1 amide bonds. The van der Waals surface area contributed by atoms with Crippen LogP contribution in [0.2, 0.25) is 0 Å². The maximum absolute atomic E-state index is 11.9. The Morgan fingerprint density at radius 3 is 2.81 bits per heavy atom. The van der Waals surface area contributed by atoms with Crippen LogP contribution in [0.3, 0.4) is 0 Å². The first kappa shape index (κ1) is 15.1. The highest BCUT2D eigenvalue weighted by atomic mass is 16.3. The van der Waals surface area contributed by atoms with Crippen molar-refractivity contribution in [1.82, 2.24) is 20.2 Å². The quantitative estimate of drug-likeness (QED) is 0.866.